The summed E-state index contributed by atoms with van der Waals surface area (Å²) in [4.78, 5) is 2.40. The molecule has 3 bridgehead atoms. The standard InChI is InChI=1S/C33H31N/c1-34(27-16-14-24(15-17-27)23-8-3-2-4-9-23)32-13-7-12-30-31-20-22-18-25(21-26(31)19-22)28-10-5-6-11-29(28)33(30)32/h2-17,22,25-26,31H,18-21H2,1H3. The molecule has 0 aliphatic heterocycles. The molecule has 3 aliphatic carbocycles. The third-order valence-corrected chi connectivity index (χ3v) is 8.86. The van der Waals surface area contributed by atoms with Crippen LogP contribution in [0.15, 0.2) is 97.1 Å². The van der Waals surface area contributed by atoms with Gasteiger partial charge < -0.3 is 4.90 Å². The van der Waals surface area contributed by atoms with Crippen molar-refractivity contribution in [3.63, 3.8) is 0 Å². The van der Waals surface area contributed by atoms with Crippen molar-refractivity contribution in [1.29, 1.82) is 0 Å². The topological polar surface area (TPSA) is 3.24 Å². The Morgan fingerprint density at radius 2 is 1.35 bits per heavy atom. The van der Waals surface area contributed by atoms with Crippen molar-refractivity contribution in [2.75, 3.05) is 11.9 Å². The number of hydrogen-bond donors (Lipinski definition) is 0. The van der Waals surface area contributed by atoms with Gasteiger partial charge in [-0.25, -0.2) is 0 Å². The van der Waals surface area contributed by atoms with Gasteiger partial charge in [0.15, 0.2) is 0 Å². The summed E-state index contributed by atoms with van der Waals surface area (Å²) < 4.78 is 0. The SMILES string of the molecule is CN(c1ccc(-c2ccccc2)cc1)c1cccc2c1-c1ccccc1C1CC3CC(C1)C2C3. The summed E-state index contributed by atoms with van der Waals surface area (Å²) in [6.07, 6.45) is 5.56. The molecule has 4 unspecified atom stereocenters. The first-order valence-corrected chi connectivity index (χ1v) is 12.9. The summed E-state index contributed by atoms with van der Waals surface area (Å²) in [6.45, 7) is 0. The van der Waals surface area contributed by atoms with Crippen LogP contribution in [0, 0.1) is 11.8 Å². The molecule has 4 atom stereocenters. The molecule has 7 rings (SSSR count). The highest BCUT2D eigenvalue weighted by Gasteiger charge is 2.45. The van der Waals surface area contributed by atoms with Crippen LogP contribution >= 0.6 is 0 Å². The number of benzene rings is 4. The van der Waals surface area contributed by atoms with Gasteiger partial charge in [-0.05, 0) is 95.4 Å². The fourth-order valence-electron chi connectivity index (χ4n) is 7.36. The first-order chi connectivity index (χ1) is 16.8. The maximum Gasteiger partial charge on any atom is 0.0490 e. The summed E-state index contributed by atoms with van der Waals surface area (Å²) >= 11 is 0. The van der Waals surface area contributed by atoms with Gasteiger partial charge in [-0.3, -0.25) is 0 Å². The Kier molecular flexibility index (Phi) is 4.65. The van der Waals surface area contributed by atoms with Crippen LogP contribution in [0.5, 0.6) is 0 Å². The van der Waals surface area contributed by atoms with E-state index in [0.29, 0.717) is 5.92 Å². The summed E-state index contributed by atoms with van der Waals surface area (Å²) in [5.74, 6) is 3.19. The largest absolute Gasteiger partial charge is 0.344 e. The Bertz CT molecular complexity index is 1340. The second-order valence-corrected chi connectivity index (χ2v) is 10.7. The van der Waals surface area contributed by atoms with E-state index in [4.69, 9.17) is 0 Å². The van der Waals surface area contributed by atoms with Crippen LogP contribution in [-0.4, -0.2) is 7.05 Å². The number of hydrogen-bond acceptors (Lipinski definition) is 1. The van der Waals surface area contributed by atoms with Gasteiger partial charge >= 0.3 is 0 Å². The molecule has 0 radical (unpaired) electrons. The summed E-state index contributed by atoms with van der Waals surface area (Å²) in [5.41, 5.74) is 11.2. The Balaban J connectivity index is 1.36. The van der Waals surface area contributed by atoms with Gasteiger partial charge in [0, 0.05) is 24.0 Å². The maximum atomic E-state index is 2.44. The van der Waals surface area contributed by atoms with Crippen LogP contribution in [-0.2, 0) is 0 Å². The van der Waals surface area contributed by atoms with Crippen LogP contribution in [0.2, 0.25) is 0 Å². The number of nitrogens with zero attached hydrogens (tertiary/aromatic N) is 1. The van der Waals surface area contributed by atoms with Gasteiger partial charge in [-0.2, -0.15) is 0 Å². The average molecular weight is 442 g/mol. The minimum atomic E-state index is 0.715. The van der Waals surface area contributed by atoms with Crippen molar-refractivity contribution in [3.8, 4) is 22.3 Å². The third kappa shape index (κ3) is 3.14. The third-order valence-electron chi connectivity index (χ3n) is 8.86. The van der Waals surface area contributed by atoms with Crippen molar-refractivity contribution in [3.05, 3.63) is 108 Å². The van der Waals surface area contributed by atoms with Crippen molar-refractivity contribution >= 4 is 11.4 Å². The van der Waals surface area contributed by atoms with Crippen molar-refractivity contribution in [1.82, 2.24) is 0 Å². The Morgan fingerprint density at radius 3 is 2.21 bits per heavy atom. The first kappa shape index (κ1) is 20.1. The average Bonchev–Trinajstić information content (AvgIpc) is 3.22. The molecular weight excluding hydrogens is 410 g/mol. The van der Waals surface area contributed by atoms with Crippen molar-refractivity contribution in [2.24, 2.45) is 11.8 Å². The molecule has 34 heavy (non-hydrogen) atoms. The van der Waals surface area contributed by atoms with Crippen LogP contribution in [0.25, 0.3) is 22.3 Å². The molecule has 2 saturated carbocycles. The monoisotopic (exact) mass is 441 g/mol. The Morgan fingerprint density at radius 1 is 0.618 bits per heavy atom. The summed E-state index contributed by atoms with van der Waals surface area (Å²) in [5, 5.41) is 0. The summed E-state index contributed by atoms with van der Waals surface area (Å²) in [6, 6.07) is 36.1. The Hall–Kier alpha value is -3.32. The highest BCUT2D eigenvalue weighted by Crippen LogP contribution is 2.60. The molecule has 0 amide bonds. The van der Waals surface area contributed by atoms with E-state index >= 15 is 0 Å². The van der Waals surface area contributed by atoms with E-state index in [0.717, 1.165) is 17.8 Å². The lowest BCUT2D eigenvalue weighted by Gasteiger charge is -2.35. The minimum absolute atomic E-state index is 0.715. The number of anilines is 2. The molecule has 0 spiro atoms. The van der Waals surface area contributed by atoms with Gasteiger partial charge in [0.2, 0.25) is 0 Å². The quantitative estimate of drug-likeness (QED) is 0.307. The van der Waals surface area contributed by atoms with Crippen LogP contribution in [0.4, 0.5) is 11.4 Å². The van der Waals surface area contributed by atoms with E-state index < -0.39 is 0 Å². The highest BCUT2D eigenvalue weighted by atomic mass is 15.1. The molecule has 0 heterocycles. The molecule has 1 heteroatoms. The zero-order chi connectivity index (χ0) is 22.6. The number of rotatable bonds is 3. The molecule has 4 aromatic rings. The van der Waals surface area contributed by atoms with Gasteiger partial charge in [-0.15, -0.1) is 0 Å². The summed E-state index contributed by atoms with van der Waals surface area (Å²) in [7, 11) is 2.24. The zero-order valence-electron chi connectivity index (χ0n) is 19.8. The highest BCUT2D eigenvalue weighted by molar-refractivity contribution is 5.87. The van der Waals surface area contributed by atoms with E-state index in [2.05, 4.69) is 109 Å². The minimum Gasteiger partial charge on any atom is -0.344 e. The van der Waals surface area contributed by atoms with Gasteiger partial charge in [0.25, 0.3) is 0 Å². The fraction of sp³-hybridized carbons (Fsp3) is 0.273. The predicted octanol–water partition coefficient (Wildman–Crippen LogP) is 8.79. The van der Waals surface area contributed by atoms with Crippen molar-refractivity contribution < 1.29 is 0 Å². The molecule has 1 nitrogen and oxygen atoms in total. The first-order valence-electron chi connectivity index (χ1n) is 12.9. The van der Waals surface area contributed by atoms with Crippen LogP contribution in [0.3, 0.4) is 0 Å². The molecule has 0 aromatic heterocycles. The smallest absolute Gasteiger partial charge is 0.0490 e. The second kappa shape index (κ2) is 7.87. The fourth-order valence-corrected chi connectivity index (χ4v) is 7.36. The molecule has 0 saturated heterocycles. The predicted molar refractivity (Wildman–Crippen MR) is 143 cm³/mol. The van der Waals surface area contributed by atoms with Crippen LogP contribution < -0.4 is 4.90 Å². The van der Waals surface area contributed by atoms with Crippen molar-refractivity contribution in [2.45, 2.75) is 37.5 Å². The lowest BCUT2D eigenvalue weighted by atomic mass is 9.71. The van der Waals surface area contributed by atoms with E-state index in [1.807, 2.05) is 0 Å². The van der Waals surface area contributed by atoms with E-state index in [9.17, 15) is 0 Å². The van der Waals surface area contributed by atoms with E-state index in [1.54, 1.807) is 11.1 Å². The molecular formula is C33H31N. The van der Waals surface area contributed by atoms with E-state index in [-0.39, 0.29) is 0 Å². The van der Waals surface area contributed by atoms with Gasteiger partial charge in [0.05, 0.1) is 0 Å². The van der Waals surface area contributed by atoms with E-state index in [1.165, 1.54) is 59.3 Å². The lowest BCUT2D eigenvalue weighted by molar-refractivity contribution is 0.311. The molecule has 4 aromatic carbocycles. The van der Waals surface area contributed by atoms with Gasteiger partial charge in [0.1, 0.15) is 0 Å². The molecule has 3 aliphatic rings. The molecule has 168 valence electrons. The Labute approximate surface area is 203 Å². The lowest BCUT2D eigenvalue weighted by Crippen LogP contribution is -2.20. The van der Waals surface area contributed by atoms with Crippen LogP contribution in [0.1, 0.15) is 48.6 Å². The number of fused-ring (bicyclic) bond motifs is 7. The second-order valence-electron chi connectivity index (χ2n) is 10.7. The van der Waals surface area contributed by atoms with Gasteiger partial charge in [-0.1, -0.05) is 78.9 Å². The zero-order valence-corrected chi connectivity index (χ0v) is 19.8. The molecule has 2 fully saturated rings. The maximum absolute atomic E-state index is 2.44. The normalized spacial score (nSPS) is 24.1. The molecule has 0 N–H and O–H groups in total.